The molecule has 0 aliphatic carbocycles. The third-order valence-electron chi connectivity index (χ3n) is 2.64. The Bertz CT molecular complexity index is 485. The van der Waals surface area contributed by atoms with Crippen LogP contribution in [-0.4, -0.2) is 21.5 Å². The lowest BCUT2D eigenvalue weighted by Crippen LogP contribution is -2.38. The van der Waals surface area contributed by atoms with Crippen LogP contribution in [0.4, 0.5) is 0 Å². The molecular weight excluding hydrogens is 345 g/mol. The van der Waals surface area contributed by atoms with Crippen LogP contribution >= 0.6 is 22.6 Å². The lowest BCUT2D eigenvalue weighted by molar-refractivity contribution is -0.122. The molecule has 1 amide bonds. The van der Waals surface area contributed by atoms with Gasteiger partial charge in [0.15, 0.2) is 0 Å². The first-order valence-corrected chi connectivity index (χ1v) is 7.04. The predicted molar refractivity (Wildman–Crippen MR) is 78.5 cm³/mol. The van der Waals surface area contributed by atoms with Gasteiger partial charge in [0, 0.05) is 12.2 Å². The van der Waals surface area contributed by atoms with Gasteiger partial charge in [-0.05, 0) is 42.9 Å². The number of carbonyl (C=O) groups excluding carboxylic acids is 1. The van der Waals surface area contributed by atoms with Crippen molar-refractivity contribution in [3.05, 3.63) is 25.9 Å². The normalized spacial score (nSPS) is 12.2. The van der Waals surface area contributed by atoms with Crippen molar-refractivity contribution in [1.29, 1.82) is 0 Å². The van der Waals surface area contributed by atoms with Crippen LogP contribution in [0.3, 0.4) is 0 Å². The molecule has 5 nitrogen and oxygen atoms in total. The average molecular weight is 363 g/mol. The van der Waals surface area contributed by atoms with E-state index >= 15 is 0 Å². The highest BCUT2D eigenvalue weighted by atomic mass is 127. The molecule has 0 spiro atoms. The summed E-state index contributed by atoms with van der Waals surface area (Å²) < 4.78 is 1.92. The fraction of sp³-hybridized carbons (Fsp3) is 0.583. The van der Waals surface area contributed by atoms with Crippen LogP contribution in [0.25, 0.3) is 0 Å². The minimum atomic E-state index is -0.165. The van der Waals surface area contributed by atoms with Crippen LogP contribution in [0.15, 0.2) is 11.0 Å². The van der Waals surface area contributed by atoms with Gasteiger partial charge in [0.05, 0.1) is 3.57 Å². The topological polar surface area (TPSA) is 64.0 Å². The SMILES string of the molecule is CCCC(C)NC(=O)Cn1c(C)ncc(I)c1=O. The molecule has 0 aliphatic heterocycles. The summed E-state index contributed by atoms with van der Waals surface area (Å²) in [4.78, 5) is 27.8. The number of nitrogens with zero attached hydrogens (tertiary/aromatic N) is 2. The Hall–Kier alpha value is -0.920. The Kier molecular flexibility index (Phi) is 5.77. The molecule has 1 aromatic heterocycles. The first-order valence-electron chi connectivity index (χ1n) is 5.97. The van der Waals surface area contributed by atoms with E-state index in [1.165, 1.54) is 10.8 Å². The number of amides is 1. The molecule has 1 N–H and O–H groups in total. The van der Waals surface area contributed by atoms with E-state index in [2.05, 4.69) is 17.2 Å². The van der Waals surface area contributed by atoms with Crippen LogP contribution in [-0.2, 0) is 11.3 Å². The maximum Gasteiger partial charge on any atom is 0.267 e. The fourth-order valence-corrected chi connectivity index (χ4v) is 2.14. The number of hydrogen-bond acceptors (Lipinski definition) is 3. The van der Waals surface area contributed by atoms with E-state index in [1.54, 1.807) is 6.92 Å². The third-order valence-corrected chi connectivity index (χ3v) is 3.38. The van der Waals surface area contributed by atoms with Crippen LogP contribution < -0.4 is 10.9 Å². The summed E-state index contributed by atoms with van der Waals surface area (Å²) in [5, 5.41) is 2.87. The lowest BCUT2D eigenvalue weighted by atomic mass is 10.2. The number of nitrogens with one attached hydrogen (secondary N) is 1. The monoisotopic (exact) mass is 363 g/mol. The van der Waals surface area contributed by atoms with E-state index in [4.69, 9.17) is 0 Å². The number of rotatable bonds is 5. The van der Waals surface area contributed by atoms with Crippen molar-refractivity contribution in [2.45, 2.75) is 46.2 Å². The molecule has 0 aromatic carbocycles. The zero-order valence-corrected chi connectivity index (χ0v) is 13.0. The molecule has 0 fully saturated rings. The van der Waals surface area contributed by atoms with Gasteiger partial charge in [0.2, 0.25) is 5.91 Å². The summed E-state index contributed by atoms with van der Waals surface area (Å²) in [7, 11) is 0. The van der Waals surface area contributed by atoms with Crippen LogP contribution in [0, 0.1) is 10.5 Å². The van der Waals surface area contributed by atoms with E-state index in [-0.39, 0.29) is 24.1 Å². The van der Waals surface area contributed by atoms with Gasteiger partial charge in [-0.2, -0.15) is 0 Å². The average Bonchev–Trinajstić information content (AvgIpc) is 2.30. The third kappa shape index (κ3) is 4.08. The van der Waals surface area contributed by atoms with Crippen molar-refractivity contribution in [2.75, 3.05) is 0 Å². The van der Waals surface area contributed by atoms with E-state index in [9.17, 15) is 9.59 Å². The molecule has 0 bridgehead atoms. The Balaban J connectivity index is 2.76. The molecule has 1 heterocycles. The molecule has 0 aliphatic rings. The van der Waals surface area contributed by atoms with E-state index < -0.39 is 0 Å². The maximum atomic E-state index is 11.9. The summed E-state index contributed by atoms with van der Waals surface area (Å²) in [5.41, 5.74) is -0.165. The first kappa shape index (κ1) is 15.1. The van der Waals surface area contributed by atoms with Gasteiger partial charge in [-0.15, -0.1) is 0 Å². The second-order valence-electron chi connectivity index (χ2n) is 4.30. The van der Waals surface area contributed by atoms with Crippen LogP contribution in [0.5, 0.6) is 0 Å². The molecule has 1 atom stereocenters. The van der Waals surface area contributed by atoms with Crippen molar-refractivity contribution < 1.29 is 4.79 Å². The van der Waals surface area contributed by atoms with Gasteiger partial charge in [-0.3, -0.25) is 14.2 Å². The molecule has 1 rings (SSSR count). The molecule has 1 unspecified atom stereocenters. The molecule has 0 saturated carbocycles. The Morgan fingerprint density at radius 3 is 2.89 bits per heavy atom. The van der Waals surface area contributed by atoms with Gasteiger partial charge in [-0.1, -0.05) is 13.3 Å². The summed E-state index contributed by atoms with van der Waals surface area (Å²) in [6, 6.07) is 0.134. The fourth-order valence-electron chi connectivity index (χ4n) is 1.71. The van der Waals surface area contributed by atoms with Gasteiger partial charge in [0.25, 0.3) is 5.56 Å². The number of halogens is 1. The molecule has 18 heavy (non-hydrogen) atoms. The highest BCUT2D eigenvalue weighted by Gasteiger charge is 2.11. The van der Waals surface area contributed by atoms with Crippen molar-refractivity contribution in [2.24, 2.45) is 0 Å². The zero-order valence-electron chi connectivity index (χ0n) is 10.9. The van der Waals surface area contributed by atoms with Gasteiger partial charge >= 0.3 is 0 Å². The highest BCUT2D eigenvalue weighted by molar-refractivity contribution is 14.1. The summed E-state index contributed by atoms with van der Waals surface area (Å²) in [6.07, 6.45) is 3.47. The second-order valence-corrected chi connectivity index (χ2v) is 5.46. The molecular formula is C12H18IN3O2. The number of aryl methyl sites for hydroxylation is 1. The van der Waals surface area contributed by atoms with Gasteiger partial charge in [-0.25, -0.2) is 4.98 Å². The van der Waals surface area contributed by atoms with E-state index in [0.29, 0.717) is 9.39 Å². The van der Waals surface area contributed by atoms with Gasteiger partial charge < -0.3 is 5.32 Å². The quantitative estimate of drug-likeness (QED) is 0.806. The number of carbonyl (C=O) groups is 1. The number of hydrogen-bond donors (Lipinski definition) is 1. The molecule has 100 valence electrons. The van der Waals surface area contributed by atoms with Crippen LogP contribution in [0.2, 0.25) is 0 Å². The van der Waals surface area contributed by atoms with Crippen molar-refractivity contribution in [3.63, 3.8) is 0 Å². The number of aromatic nitrogens is 2. The second kappa shape index (κ2) is 6.86. The zero-order chi connectivity index (χ0) is 13.7. The first-order chi connectivity index (χ1) is 8.45. The molecule has 0 saturated heterocycles. The molecule has 1 aromatic rings. The Morgan fingerprint density at radius 1 is 1.61 bits per heavy atom. The summed E-state index contributed by atoms with van der Waals surface area (Å²) in [6.45, 7) is 5.79. The standard InChI is InChI=1S/C12H18IN3O2/c1-4-5-8(2)15-11(17)7-16-9(3)14-6-10(13)12(16)18/h6,8H,4-5,7H2,1-3H3,(H,15,17). The minimum absolute atomic E-state index is 0.0303. The van der Waals surface area contributed by atoms with E-state index in [0.717, 1.165) is 12.8 Å². The Morgan fingerprint density at radius 2 is 2.28 bits per heavy atom. The maximum absolute atomic E-state index is 11.9. The summed E-state index contributed by atoms with van der Waals surface area (Å²) in [5.74, 6) is 0.406. The predicted octanol–water partition coefficient (Wildman–Crippen LogP) is 1.46. The van der Waals surface area contributed by atoms with Crippen molar-refractivity contribution in [3.8, 4) is 0 Å². The smallest absolute Gasteiger partial charge is 0.267 e. The summed E-state index contributed by atoms with van der Waals surface area (Å²) >= 11 is 1.92. The highest BCUT2D eigenvalue weighted by Crippen LogP contribution is 1.98. The Labute approximate surface area is 120 Å². The molecule has 6 heteroatoms. The largest absolute Gasteiger partial charge is 0.352 e. The molecule has 0 radical (unpaired) electrons. The van der Waals surface area contributed by atoms with Crippen molar-refractivity contribution >= 4 is 28.5 Å². The lowest BCUT2D eigenvalue weighted by Gasteiger charge is -2.14. The van der Waals surface area contributed by atoms with Crippen molar-refractivity contribution in [1.82, 2.24) is 14.9 Å². The van der Waals surface area contributed by atoms with Crippen LogP contribution in [0.1, 0.15) is 32.5 Å². The van der Waals surface area contributed by atoms with E-state index in [1.807, 2.05) is 29.5 Å². The minimum Gasteiger partial charge on any atom is -0.352 e. The van der Waals surface area contributed by atoms with Gasteiger partial charge in [0.1, 0.15) is 12.4 Å².